The number of pyridine rings is 1. The Kier molecular flexibility index (Phi) is 4.84. The minimum atomic E-state index is -0.0146. The Balaban J connectivity index is 2.38. The fourth-order valence-electron chi connectivity index (χ4n) is 1.05. The SMILES string of the molecule is CC(=O)NCCC=Cc1ncccc1Cl. The first-order valence-electron chi connectivity index (χ1n) is 4.71. The highest BCUT2D eigenvalue weighted by molar-refractivity contribution is 6.31. The molecule has 0 spiro atoms. The van der Waals surface area contributed by atoms with Gasteiger partial charge in [0.05, 0.1) is 10.7 Å². The van der Waals surface area contributed by atoms with Crippen LogP contribution < -0.4 is 5.32 Å². The van der Waals surface area contributed by atoms with E-state index in [1.54, 1.807) is 18.3 Å². The van der Waals surface area contributed by atoms with E-state index in [2.05, 4.69) is 10.3 Å². The number of aromatic nitrogens is 1. The second-order valence-corrected chi connectivity index (χ2v) is 3.45. The summed E-state index contributed by atoms with van der Waals surface area (Å²) >= 11 is 5.90. The maximum atomic E-state index is 10.6. The van der Waals surface area contributed by atoms with Gasteiger partial charge in [-0.3, -0.25) is 9.78 Å². The van der Waals surface area contributed by atoms with E-state index in [0.717, 1.165) is 12.1 Å². The third kappa shape index (κ3) is 4.61. The third-order valence-corrected chi connectivity index (χ3v) is 2.07. The smallest absolute Gasteiger partial charge is 0.216 e. The number of halogens is 1. The molecule has 0 saturated carbocycles. The molecule has 0 radical (unpaired) electrons. The van der Waals surface area contributed by atoms with Gasteiger partial charge in [0.25, 0.3) is 0 Å². The molecule has 0 saturated heterocycles. The first kappa shape index (κ1) is 11.7. The summed E-state index contributed by atoms with van der Waals surface area (Å²) in [6.07, 6.45) is 6.25. The first-order valence-corrected chi connectivity index (χ1v) is 5.09. The van der Waals surface area contributed by atoms with Gasteiger partial charge in [0.1, 0.15) is 0 Å². The van der Waals surface area contributed by atoms with Gasteiger partial charge in [0, 0.05) is 19.7 Å². The Bertz CT molecular complexity index is 363. The van der Waals surface area contributed by atoms with Crippen molar-refractivity contribution in [2.24, 2.45) is 0 Å². The zero-order valence-corrected chi connectivity index (χ0v) is 9.29. The van der Waals surface area contributed by atoms with Crippen molar-refractivity contribution in [1.29, 1.82) is 0 Å². The lowest BCUT2D eigenvalue weighted by Gasteiger charge is -1.97. The lowest BCUT2D eigenvalue weighted by Crippen LogP contribution is -2.20. The maximum absolute atomic E-state index is 10.6. The van der Waals surface area contributed by atoms with Crippen LogP contribution in [0.3, 0.4) is 0 Å². The molecule has 0 atom stereocenters. The molecule has 0 aliphatic rings. The second kappa shape index (κ2) is 6.19. The van der Waals surface area contributed by atoms with Crippen LogP contribution in [0.25, 0.3) is 6.08 Å². The average molecular weight is 225 g/mol. The van der Waals surface area contributed by atoms with Crippen molar-refractivity contribution in [2.45, 2.75) is 13.3 Å². The topological polar surface area (TPSA) is 42.0 Å². The van der Waals surface area contributed by atoms with Gasteiger partial charge >= 0.3 is 0 Å². The van der Waals surface area contributed by atoms with Gasteiger partial charge < -0.3 is 5.32 Å². The summed E-state index contributed by atoms with van der Waals surface area (Å²) < 4.78 is 0. The molecule has 1 aromatic heterocycles. The third-order valence-electron chi connectivity index (χ3n) is 1.75. The van der Waals surface area contributed by atoms with E-state index in [1.165, 1.54) is 6.92 Å². The van der Waals surface area contributed by atoms with Crippen LogP contribution >= 0.6 is 11.6 Å². The molecule has 0 bridgehead atoms. The molecule has 15 heavy (non-hydrogen) atoms. The monoisotopic (exact) mass is 224 g/mol. The normalized spacial score (nSPS) is 10.5. The van der Waals surface area contributed by atoms with E-state index in [-0.39, 0.29) is 5.91 Å². The molecule has 1 N–H and O–H groups in total. The van der Waals surface area contributed by atoms with Crippen LogP contribution in [0.15, 0.2) is 24.4 Å². The van der Waals surface area contributed by atoms with Crippen LogP contribution in [0.2, 0.25) is 5.02 Å². The quantitative estimate of drug-likeness (QED) is 0.798. The molecule has 0 aliphatic heterocycles. The van der Waals surface area contributed by atoms with Gasteiger partial charge in [-0.1, -0.05) is 17.7 Å². The minimum Gasteiger partial charge on any atom is -0.356 e. The number of hydrogen-bond acceptors (Lipinski definition) is 2. The maximum Gasteiger partial charge on any atom is 0.216 e. The Morgan fingerprint density at radius 1 is 1.67 bits per heavy atom. The summed E-state index contributed by atoms with van der Waals surface area (Å²) in [5.41, 5.74) is 0.752. The Morgan fingerprint density at radius 3 is 3.13 bits per heavy atom. The molecule has 1 rings (SSSR count). The molecule has 0 aromatic carbocycles. The number of nitrogens with one attached hydrogen (secondary N) is 1. The Hall–Kier alpha value is -1.35. The molecule has 80 valence electrons. The predicted octanol–water partition coefficient (Wildman–Crippen LogP) is 2.27. The Morgan fingerprint density at radius 2 is 2.47 bits per heavy atom. The fourth-order valence-corrected chi connectivity index (χ4v) is 1.23. The van der Waals surface area contributed by atoms with Gasteiger partial charge in [0.15, 0.2) is 0 Å². The zero-order chi connectivity index (χ0) is 11.1. The van der Waals surface area contributed by atoms with Crippen molar-refractivity contribution in [2.75, 3.05) is 6.54 Å². The Labute approximate surface area is 94.2 Å². The van der Waals surface area contributed by atoms with Crippen LogP contribution in [-0.4, -0.2) is 17.4 Å². The molecular formula is C11H13ClN2O. The first-order chi connectivity index (χ1) is 7.20. The largest absolute Gasteiger partial charge is 0.356 e. The summed E-state index contributed by atoms with van der Waals surface area (Å²) in [4.78, 5) is 14.7. The second-order valence-electron chi connectivity index (χ2n) is 3.04. The summed E-state index contributed by atoms with van der Waals surface area (Å²) in [5, 5.41) is 3.34. The van der Waals surface area contributed by atoms with Crippen molar-refractivity contribution in [1.82, 2.24) is 10.3 Å². The number of carbonyl (C=O) groups excluding carboxylic acids is 1. The molecule has 3 nitrogen and oxygen atoms in total. The zero-order valence-electron chi connectivity index (χ0n) is 8.53. The highest BCUT2D eigenvalue weighted by Crippen LogP contribution is 2.13. The molecule has 1 aromatic rings. The lowest BCUT2D eigenvalue weighted by molar-refractivity contribution is -0.118. The van der Waals surface area contributed by atoms with Gasteiger partial charge in [-0.2, -0.15) is 0 Å². The van der Waals surface area contributed by atoms with E-state index in [9.17, 15) is 4.79 Å². The lowest BCUT2D eigenvalue weighted by atomic mass is 10.3. The van der Waals surface area contributed by atoms with Crippen molar-refractivity contribution in [3.8, 4) is 0 Å². The predicted molar refractivity (Wildman–Crippen MR) is 61.6 cm³/mol. The molecule has 4 heteroatoms. The molecule has 1 amide bonds. The standard InChI is InChI=1S/C11H13ClN2O/c1-9(15)13-7-3-2-6-11-10(12)5-4-8-14-11/h2,4-6,8H,3,7H2,1H3,(H,13,15). The van der Waals surface area contributed by atoms with Crippen molar-refractivity contribution in [3.63, 3.8) is 0 Å². The van der Waals surface area contributed by atoms with Gasteiger partial charge in [-0.15, -0.1) is 0 Å². The highest BCUT2D eigenvalue weighted by Gasteiger charge is 1.94. The van der Waals surface area contributed by atoms with Crippen molar-refractivity contribution < 1.29 is 4.79 Å². The summed E-state index contributed by atoms with van der Waals surface area (Å²) in [6, 6.07) is 3.58. The molecule has 0 fully saturated rings. The van der Waals surface area contributed by atoms with Gasteiger partial charge in [-0.05, 0) is 24.6 Å². The van der Waals surface area contributed by atoms with Crippen LogP contribution in [-0.2, 0) is 4.79 Å². The van der Waals surface area contributed by atoms with Gasteiger partial charge in [0.2, 0.25) is 5.91 Å². The number of carbonyl (C=O) groups is 1. The number of nitrogens with zero attached hydrogens (tertiary/aromatic N) is 1. The van der Waals surface area contributed by atoms with Crippen LogP contribution in [0.1, 0.15) is 19.0 Å². The summed E-state index contributed by atoms with van der Waals surface area (Å²) in [5.74, 6) is -0.0146. The van der Waals surface area contributed by atoms with E-state index in [1.807, 2.05) is 12.2 Å². The number of hydrogen-bond donors (Lipinski definition) is 1. The van der Waals surface area contributed by atoms with Crippen LogP contribution in [0.5, 0.6) is 0 Å². The van der Waals surface area contributed by atoms with Crippen molar-refractivity contribution in [3.05, 3.63) is 35.1 Å². The fraction of sp³-hybridized carbons (Fsp3) is 0.273. The molecule has 0 aliphatic carbocycles. The van der Waals surface area contributed by atoms with E-state index < -0.39 is 0 Å². The highest BCUT2D eigenvalue weighted by atomic mass is 35.5. The van der Waals surface area contributed by atoms with Gasteiger partial charge in [-0.25, -0.2) is 0 Å². The molecule has 1 heterocycles. The molecular weight excluding hydrogens is 212 g/mol. The average Bonchev–Trinajstić information content (AvgIpc) is 2.20. The van der Waals surface area contributed by atoms with Crippen molar-refractivity contribution >= 4 is 23.6 Å². The number of rotatable bonds is 4. The number of amides is 1. The van der Waals surface area contributed by atoms with E-state index in [0.29, 0.717) is 11.6 Å². The van der Waals surface area contributed by atoms with E-state index >= 15 is 0 Å². The van der Waals surface area contributed by atoms with Crippen LogP contribution in [0.4, 0.5) is 0 Å². The summed E-state index contributed by atoms with van der Waals surface area (Å²) in [6.45, 7) is 2.13. The van der Waals surface area contributed by atoms with Crippen LogP contribution in [0, 0.1) is 0 Å². The molecule has 0 unspecified atom stereocenters. The summed E-state index contributed by atoms with van der Waals surface area (Å²) in [7, 11) is 0. The minimum absolute atomic E-state index is 0.0146. The van der Waals surface area contributed by atoms with E-state index in [4.69, 9.17) is 11.6 Å².